The maximum Gasteiger partial charge on any atom is 0.328 e. The predicted octanol–water partition coefficient (Wildman–Crippen LogP) is 7.80. The van der Waals surface area contributed by atoms with Crippen LogP contribution in [-0.4, -0.2) is 24.5 Å². The molecule has 4 nitrogen and oxygen atoms in total. The number of hydrogen-bond acceptors (Lipinski definition) is 3. The van der Waals surface area contributed by atoms with Crippen molar-refractivity contribution in [2.45, 2.75) is 148 Å². The third-order valence-electron chi connectivity index (χ3n) is 6.43. The topological polar surface area (TPSA) is 55.4 Å². The summed E-state index contributed by atoms with van der Waals surface area (Å²) in [6.07, 6.45) is 30.8. The molecule has 1 N–H and O–H groups in total. The van der Waals surface area contributed by atoms with Gasteiger partial charge in [-0.15, -0.1) is 0 Å². The number of esters is 1. The SMILES string of the molecule is CCCCCCCCCC/C=C/CCCCCCCCCCCOC(=O)[C@@H]1CCC(=O)N1. The first-order chi connectivity index (χ1) is 15.7. The molecular formula is C28H51NO3. The first-order valence-electron chi connectivity index (χ1n) is 13.8. The summed E-state index contributed by atoms with van der Waals surface area (Å²) in [5.41, 5.74) is 0. The molecule has 0 unspecified atom stereocenters. The molecule has 0 aliphatic carbocycles. The highest BCUT2D eigenvalue weighted by Crippen LogP contribution is 2.13. The van der Waals surface area contributed by atoms with E-state index in [4.69, 9.17) is 4.74 Å². The Kier molecular flexibility index (Phi) is 19.3. The second-order valence-electron chi connectivity index (χ2n) is 9.53. The maximum absolute atomic E-state index is 11.8. The van der Waals surface area contributed by atoms with Gasteiger partial charge in [0.05, 0.1) is 6.61 Å². The Morgan fingerprint density at radius 1 is 0.781 bits per heavy atom. The second kappa shape index (κ2) is 21.5. The molecule has 1 aliphatic heterocycles. The minimum atomic E-state index is -0.409. The zero-order chi connectivity index (χ0) is 23.1. The first kappa shape index (κ1) is 28.7. The molecule has 0 saturated carbocycles. The Morgan fingerprint density at radius 2 is 1.25 bits per heavy atom. The Bertz CT molecular complexity index is 489. The van der Waals surface area contributed by atoms with Crippen LogP contribution in [0.3, 0.4) is 0 Å². The van der Waals surface area contributed by atoms with Gasteiger partial charge in [-0.25, -0.2) is 4.79 Å². The van der Waals surface area contributed by atoms with Gasteiger partial charge in [0, 0.05) is 6.42 Å². The number of carbonyl (C=O) groups is 2. The van der Waals surface area contributed by atoms with Gasteiger partial charge in [0.15, 0.2) is 0 Å². The summed E-state index contributed by atoms with van der Waals surface area (Å²) in [5.74, 6) is -0.309. The summed E-state index contributed by atoms with van der Waals surface area (Å²) in [6.45, 7) is 2.76. The van der Waals surface area contributed by atoms with Gasteiger partial charge in [0.25, 0.3) is 0 Å². The quantitative estimate of drug-likeness (QED) is 0.104. The van der Waals surface area contributed by atoms with Gasteiger partial charge >= 0.3 is 5.97 Å². The largest absolute Gasteiger partial charge is 0.464 e. The fourth-order valence-electron chi connectivity index (χ4n) is 4.30. The second-order valence-corrected chi connectivity index (χ2v) is 9.53. The lowest BCUT2D eigenvalue weighted by molar-refractivity contribution is -0.146. The van der Waals surface area contributed by atoms with E-state index in [-0.39, 0.29) is 11.9 Å². The molecule has 0 bridgehead atoms. The van der Waals surface area contributed by atoms with Crippen molar-refractivity contribution in [1.82, 2.24) is 5.32 Å². The molecule has 4 heteroatoms. The van der Waals surface area contributed by atoms with Crippen molar-refractivity contribution in [3.8, 4) is 0 Å². The summed E-state index contributed by atoms with van der Waals surface area (Å²) < 4.78 is 5.26. The molecule has 1 aliphatic rings. The number of allylic oxidation sites excluding steroid dienone is 2. The highest BCUT2D eigenvalue weighted by atomic mass is 16.5. The van der Waals surface area contributed by atoms with Crippen LogP contribution in [0, 0.1) is 0 Å². The lowest BCUT2D eigenvalue weighted by Gasteiger charge is -2.09. The number of hydrogen-bond donors (Lipinski definition) is 1. The van der Waals surface area contributed by atoms with Gasteiger partial charge in [0.2, 0.25) is 5.91 Å². The fraction of sp³-hybridized carbons (Fsp3) is 0.857. The highest BCUT2D eigenvalue weighted by Gasteiger charge is 2.28. The van der Waals surface area contributed by atoms with Crippen LogP contribution in [-0.2, 0) is 14.3 Å². The van der Waals surface area contributed by atoms with E-state index in [9.17, 15) is 9.59 Å². The smallest absolute Gasteiger partial charge is 0.328 e. The van der Waals surface area contributed by atoms with Gasteiger partial charge in [-0.3, -0.25) is 4.79 Å². The van der Waals surface area contributed by atoms with Gasteiger partial charge in [-0.05, 0) is 38.5 Å². The van der Waals surface area contributed by atoms with Crippen LogP contribution >= 0.6 is 0 Å². The minimum Gasteiger partial charge on any atom is -0.464 e. The van der Waals surface area contributed by atoms with Crippen LogP contribution in [0.5, 0.6) is 0 Å². The van der Waals surface area contributed by atoms with Crippen LogP contribution in [0.25, 0.3) is 0 Å². The summed E-state index contributed by atoms with van der Waals surface area (Å²) >= 11 is 0. The van der Waals surface area contributed by atoms with E-state index < -0.39 is 6.04 Å². The number of ether oxygens (including phenoxy) is 1. The third kappa shape index (κ3) is 17.3. The third-order valence-corrected chi connectivity index (χ3v) is 6.43. The molecule has 0 aromatic heterocycles. The molecule has 0 aromatic carbocycles. The summed E-state index contributed by atoms with van der Waals surface area (Å²) in [6, 6.07) is -0.409. The Morgan fingerprint density at radius 3 is 1.72 bits per heavy atom. The van der Waals surface area contributed by atoms with Crippen molar-refractivity contribution < 1.29 is 14.3 Å². The molecule has 186 valence electrons. The van der Waals surface area contributed by atoms with Gasteiger partial charge < -0.3 is 10.1 Å². The van der Waals surface area contributed by atoms with E-state index in [1.807, 2.05) is 0 Å². The average Bonchev–Trinajstić information content (AvgIpc) is 3.23. The van der Waals surface area contributed by atoms with E-state index >= 15 is 0 Å². The molecule has 0 spiro atoms. The number of nitrogens with one attached hydrogen (secondary N) is 1. The van der Waals surface area contributed by atoms with E-state index in [1.165, 1.54) is 109 Å². The van der Waals surface area contributed by atoms with Crippen molar-refractivity contribution in [2.24, 2.45) is 0 Å². The molecule has 1 heterocycles. The molecular weight excluding hydrogens is 398 g/mol. The molecule has 1 saturated heterocycles. The number of amides is 1. The van der Waals surface area contributed by atoms with E-state index in [0.717, 1.165) is 12.8 Å². The predicted molar refractivity (Wildman–Crippen MR) is 135 cm³/mol. The Hall–Kier alpha value is -1.32. The zero-order valence-corrected chi connectivity index (χ0v) is 21.0. The first-order valence-corrected chi connectivity index (χ1v) is 13.8. The number of unbranched alkanes of at least 4 members (excludes halogenated alkanes) is 17. The lowest BCUT2D eigenvalue weighted by atomic mass is 10.1. The van der Waals surface area contributed by atoms with Crippen molar-refractivity contribution >= 4 is 11.9 Å². The maximum atomic E-state index is 11.8. The van der Waals surface area contributed by atoms with Crippen LogP contribution in [0.4, 0.5) is 0 Å². The number of carbonyl (C=O) groups excluding carboxylic acids is 2. The summed E-state index contributed by atoms with van der Waals surface area (Å²) in [5, 5.41) is 2.65. The fourth-order valence-corrected chi connectivity index (χ4v) is 4.30. The lowest BCUT2D eigenvalue weighted by Crippen LogP contribution is -2.34. The van der Waals surface area contributed by atoms with Crippen molar-refractivity contribution in [3.05, 3.63) is 12.2 Å². The van der Waals surface area contributed by atoms with E-state index in [0.29, 0.717) is 19.4 Å². The van der Waals surface area contributed by atoms with Gasteiger partial charge in [0.1, 0.15) is 6.04 Å². The summed E-state index contributed by atoms with van der Waals surface area (Å²) in [4.78, 5) is 22.9. The zero-order valence-electron chi connectivity index (χ0n) is 21.0. The van der Waals surface area contributed by atoms with Crippen LogP contribution in [0.2, 0.25) is 0 Å². The van der Waals surface area contributed by atoms with E-state index in [2.05, 4.69) is 24.4 Å². The summed E-state index contributed by atoms with van der Waals surface area (Å²) in [7, 11) is 0. The highest BCUT2D eigenvalue weighted by molar-refractivity contribution is 5.87. The van der Waals surface area contributed by atoms with Crippen LogP contribution < -0.4 is 5.32 Å². The number of rotatable bonds is 22. The van der Waals surface area contributed by atoms with Crippen molar-refractivity contribution in [1.29, 1.82) is 0 Å². The standard InChI is InChI=1S/C28H51NO3/c1-2-3-4-5-6-7-8-9-10-11-12-13-14-15-16-17-18-19-20-21-22-25-32-28(31)26-23-24-27(30)29-26/h11-12,26H,2-10,13-25H2,1H3,(H,29,30)/b12-11+/t26-/m0/s1. The normalized spacial score (nSPS) is 16.0. The van der Waals surface area contributed by atoms with Crippen LogP contribution in [0.15, 0.2) is 12.2 Å². The average molecular weight is 450 g/mol. The molecule has 32 heavy (non-hydrogen) atoms. The molecule has 0 radical (unpaired) electrons. The van der Waals surface area contributed by atoms with Gasteiger partial charge in [-0.2, -0.15) is 0 Å². The molecule has 1 atom stereocenters. The Labute approximate surface area is 198 Å². The van der Waals surface area contributed by atoms with Crippen molar-refractivity contribution in [3.63, 3.8) is 0 Å². The Balaban J connectivity index is 1.71. The monoisotopic (exact) mass is 449 g/mol. The van der Waals surface area contributed by atoms with E-state index in [1.54, 1.807) is 0 Å². The minimum absolute atomic E-state index is 0.0440. The van der Waals surface area contributed by atoms with Crippen LogP contribution in [0.1, 0.15) is 142 Å². The molecule has 1 fully saturated rings. The molecule has 1 amide bonds. The molecule has 0 aromatic rings. The van der Waals surface area contributed by atoms with Crippen molar-refractivity contribution in [2.75, 3.05) is 6.61 Å². The molecule has 1 rings (SSSR count). The van der Waals surface area contributed by atoms with Gasteiger partial charge in [-0.1, -0.05) is 109 Å².